The zero-order valence-corrected chi connectivity index (χ0v) is 11.2. The van der Waals surface area contributed by atoms with Gasteiger partial charge in [0.25, 0.3) is 0 Å². The van der Waals surface area contributed by atoms with E-state index < -0.39 is 0 Å². The average molecular weight is 236 g/mol. The van der Waals surface area contributed by atoms with Gasteiger partial charge in [-0.15, -0.1) is 0 Å². The van der Waals surface area contributed by atoms with Gasteiger partial charge in [-0.1, -0.05) is 31.8 Å². The van der Waals surface area contributed by atoms with Crippen LogP contribution in [0.1, 0.15) is 51.0 Å². The molecule has 0 saturated heterocycles. The molecule has 1 N–H and O–H groups in total. The Morgan fingerprint density at radius 1 is 1.41 bits per heavy atom. The van der Waals surface area contributed by atoms with Gasteiger partial charge >= 0.3 is 0 Å². The van der Waals surface area contributed by atoms with E-state index in [-0.39, 0.29) is 0 Å². The van der Waals surface area contributed by atoms with Crippen molar-refractivity contribution in [3.05, 3.63) is 17.5 Å². The largest absolute Gasteiger partial charge is 0.361 e. The second-order valence-corrected chi connectivity index (χ2v) is 5.61. The first-order valence-corrected chi connectivity index (χ1v) is 6.82. The van der Waals surface area contributed by atoms with Gasteiger partial charge in [-0.25, -0.2) is 0 Å². The highest BCUT2D eigenvalue weighted by atomic mass is 16.5. The first-order valence-electron chi connectivity index (χ1n) is 6.82. The number of nitrogens with zero attached hydrogens (tertiary/aromatic N) is 1. The number of nitrogens with one attached hydrogen (secondary N) is 1. The van der Waals surface area contributed by atoms with E-state index in [1.165, 1.54) is 25.7 Å². The molecule has 1 aliphatic rings. The van der Waals surface area contributed by atoms with Crippen molar-refractivity contribution in [3.8, 4) is 0 Å². The number of hydrogen-bond acceptors (Lipinski definition) is 3. The van der Waals surface area contributed by atoms with E-state index in [4.69, 9.17) is 4.52 Å². The molecule has 1 aromatic rings. The smallest absolute Gasteiger partial charge is 0.133 e. The summed E-state index contributed by atoms with van der Waals surface area (Å²) in [5.41, 5.74) is 1.02. The van der Waals surface area contributed by atoms with E-state index in [2.05, 4.69) is 24.3 Å². The molecular formula is C14H24N2O. The topological polar surface area (TPSA) is 38.1 Å². The van der Waals surface area contributed by atoms with E-state index in [0.717, 1.165) is 29.8 Å². The van der Waals surface area contributed by atoms with E-state index >= 15 is 0 Å². The molecule has 3 heteroatoms. The highest BCUT2D eigenvalue weighted by Crippen LogP contribution is 2.30. The lowest BCUT2D eigenvalue weighted by molar-refractivity contribution is 0.203. The Labute approximate surface area is 104 Å². The highest BCUT2D eigenvalue weighted by Gasteiger charge is 2.27. The molecule has 1 heterocycles. The molecule has 1 fully saturated rings. The summed E-state index contributed by atoms with van der Waals surface area (Å²) in [5.74, 6) is 2.48. The quantitative estimate of drug-likeness (QED) is 0.871. The van der Waals surface area contributed by atoms with Crippen LogP contribution in [0.4, 0.5) is 0 Å². The summed E-state index contributed by atoms with van der Waals surface area (Å²) < 4.78 is 5.09. The van der Waals surface area contributed by atoms with Gasteiger partial charge in [-0.05, 0) is 31.6 Å². The lowest BCUT2D eigenvalue weighted by atomic mass is 9.78. The zero-order valence-electron chi connectivity index (χ0n) is 11.2. The lowest BCUT2D eigenvalue weighted by Crippen LogP contribution is -2.40. The molecular weight excluding hydrogens is 212 g/mol. The Kier molecular flexibility index (Phi) is 4.21. The van der Waals surface area contributed by atoms with Crippen LogP contribution in [0.15, 0.2) is 10.6 Å². The molecule has 3 nitrogen and oxygen atoms in total. The standard InChI is InChI=1S/C14H24N2O/c1-10(2)13-6-4-5-7-14(13)15-9-12-8-11(3)17-16-12/h8,10,13-15H,4-7,9H2,1-3H3/t13-,14-/m0/s1. The number of hydrogen-bond donors (Lipinski definition) is 1. The monoisotopic (exact) mass is 236 g/mol. The van der Waals surface area contributed by atoms with Gasteiger partial charge in [0.05, 0.1) is 5.69 Å². The third-order valence-corrected chi connectivity index (χ3v) is 3.90. The molecule has 0 amide bonds. The molecule has 96 valence electrons. The van der Waals surface area contributed by atoms with Gasteiger partial charge in [-0.2, -0.15) is 0 Å². The van der Waals surface area contributed by atoms with Crippen molar-refractivity contribution < 1.29 is 4.52 Å². The van der Waals surface area contributed by atoms with Gasteiger partial charge in [0.15, 0.2) is 0 Å². The highest BCUT2D eigenvalue weighted by molar-refractivity contribution is 5.03. The van der Waals surface area contributed by atoms with Crippen molar-refractivity contribution in [1.29, 1.82) is 0 Å². The number of aryl methyl sites for hydroxylation is 1. The molecule has 1 saturated carbocycles. The molecule has 1 aliphatic carbocycles. The van der Waals surface area contributed by atoms with Crippen molar-refractivity contribution in [3.63, 3.8) is 0 Å². The van der Waals surface area contributed by atoms with Crippen molar-refractivity contribution >= 4 is 0 Å². The maximum atomic E-state index is 5.09. The third kappa shape index (κ3) is 3.32. The Hall–Kier alpha value is -0.830. The van der Waals surface area contributed by atoms with Gasteiger partial charge in [0, 0.05) is 18.7 Å². The molecule has 0 aliphatic heterocycles. The average Bonchev–Trinajstić information content (AvgIpc) is 2.73. The maximum Gasteiger partial charge on any atom is 0.133 e. The summed E-state index contributed by atoms with van der Waals surface area (Å²) in [4.78, 5) is 0. The Bertz CT molecular complexity index is 346. The fraction of sp³-hybridized carbons (Fsp3) is 0.786. The first kappa shape index (κ1) is 12.6. The third-order valence-electron chi connectivity index (χ3n) is 3.90. The first-order chi connectivity index (χ1) is 8.16. The van der Waals surface area contributed by atoms with Crippen LogP contribution in [-0.4, -0.2) is 11.2 Å². The minimum Gasteiger partial charge on any atom is -0.361 e. The summed E-state index contributed by atoms with van der Waals surface area (Å²) in [6, 6.07) is 2.67. The van der Waals surface area contributed by atoms with Crippen LogP contribution in [0.5, 0.6) is 0 Å². The predicted octanol–water partition coefficient (Wildman–Crippen LogP) is 3.29. The fourth-order valence-corrected chi connectivity index (χ4v) is 2.95. The van der Waals surface area contributed by atoms with Crippen LogP contribution in [0.2, 0.25) is 0 Å². The second-order valence-electron chi connectivity index (χ2n) is 5.61. The van der Waals surface area contributed by atoms with Crippen LogP contribution >= 0.6 is 0 Å². The van der Waals surface area contributed by atoms with Gasteiger partial charge in [0.1, 0.15) is 5.76 Å². The van der Waals surface area contributed by atoms with Gasteiger partial charge in [0.2, 0.25) is 0 Å². The van der Waals surface area contributed by atoms with Crippen LogP contribution in [0, 0.1) is 18.8 Å². The van der Waals surface area contributed by atoms with Crippen molar-refractivity contribution in [1.82, 2.24) is 10.5 Å². The zero-order chi connectivity index (χ0) is 12.3. The normalized spacial score (nSPS) is 25.4. The lowest BCUT2D eigenvalue weighted by Gasteiger charge is -2.34. The van der Waals surface area contributed by atoms with Gasteiger partial charge in [-0.3, -0.25) is 0 Å². The van der Waals surface area contributed by atoms with E-state index in [1.54, 1.807) is 0 Å². The number of rotatable bonds is 4. The summed E-state index contributed by atoms with van der Waals surface area (Å²) in [5, 5.41) is 7.69. The van der Waals surface area contributed by atoms with E-state index in [9.17, 15) is 0 Å². The minimum absolute atomic E-state index is 0.653. The Morgan fingerprint density at radius 2 is 2.18 bits per heavy atom. The SMILES string of the molecule is Cc1cc(CN[C@H]2CCCC[C@H]2C(C)C)no1. The van der Waals surface area contributed by atoms with Crippen molar-refractivity contribution in [2.75, 3.05) is 0 Å². The van der Waals surface area contributed by atoms with Crippen molar-refractivity contribution in [2.45, 2.75) is 59.0 Å². The van der Waals surface area contributed by atoms with Crippen LogP contribution < -0.4 is 5.32 Å². The summed E-state index contributed by atoms with van der Waals surface area (Å²) in [6.07, 6.45) is 5.43. The van der Waals surface area contributed by atoms with Crippen LogP contribution in [-0.2, 0) is 6.54 Å². The molecule has 0 bridgehead atoms. The molecule has 0 aromatic carbocycles. The van der Waals surface area contributed by atoms with Crippen molar-refractivity contribution in [2.24, 2.45) is 11.8 Å². The maximum absolute atomic E-state index is 5.09. The molecule has 0 radical (unpaired) electrons. The van der Waals surface area contributed by atoms with Crippen LogP contribution in [0.25, 0.3) is 0 Å². The summed E-state index contributed by atoms with van der Waals surface area (Å²) >= 11 is 0. The van der Waals surface area contributed by atoms with E-state index in [1.807, 2.05) is 13.0 Å². The van der Waals surface area contributed by atoms with Crippen LogP contribution in [0.3, 0.4) is 0 Å². The molecule has 17 heavy (non-hydrogen) atoms. The molecule has 2 atom stereocenters. The Balaban J connectivity index is 1.88. The van der Waals surface area contributed by atoms with E-state index in [0.29, 0.717) is 6.04 Å². The predicted molar refractivity (Wildman–Crippen MR) is 68.7 cm³/mol. The fourth-order valence-electron chi connectivity index (χ4n) is 2.95. The summed E-state index contributed by atoms with van der Waals surface area (Å²) in [6.45, 7) is 7.45. The molecule has 0 unspecified atom stereocenters. The van der Waals surface area contributed by atoms with Gasteiger partial charge < -0.3 is 9.84 Å². The molecule has 1 aromatic heterocycles. The summed E-state index contributed by atoms with van der Waals surface area (Å²) in [7, 11) is 0. The second kappa shape index (κ2) is 5.67. The molecule has 0 spiro atoms. The number of aromatic nitrogens is 1. The molecule has 2 rings (SSSR count). The Morgan fingerprint density at radius 3 is 2.82 bits per heavy atom. The minimum atomic E-state index is 0.653.